The lowest BCUT2D eigenvalue weighted by Gasteiger charge is -2.51. The van der Waals surface area contributed by atoms with E-state index in [0.29, 0.717) is 39.1 Å². The van der Waals surface area contributed by atoms with Crippen LogP contribution >= 0.6 is 0 Å². The van der Waals surface area contributed by atoms with Crippen molar-refractivity contribution in [2.75, 3.05) is 13.2 Å². The SMILES string of the molecule is O=C(OCC1c2ccccc2-c2ccccc21)N1C2CCCC1CC(O)(CCOCc1ccccc1)C2. The fourth-order valence-electron chi connectivity index (χ4n) is 6.72. The van der Waals surface area contributed by atoms with Crippen LogP contribution in [0.3, 0.4) is 0 Å². The second-order valence-electron chi connectivity index (χ2n) is 10.9. The molecule has 2 unspecified atom stereocenters. The van der Waals surface area contributed by atoms with Crippen LogP contribution < -0.4 is 0 Å². The van der Waals surface area contributed by atoms with Crippen molar-refractivity contribution < 1.29 is 19.4 Å². The highest BCUT2D eigenvalue weighted by Gasteiger charge is 2.47. The van der Waals surface area contributed by atoms with Gasteiger partial charge in [0.1, 0.15) is 6.61 Å². The van der Waals surface area contributed by atoms with E-state index in [9.17, 15) is 9.90 Å². The van der Waals surface area contributed by atoms with E-state index in [1.165, 1.54) is 22.3 Å². The summed E-state index contributed by atoms with van der Waals surface area (Å²) in [6.45, 7) is 1.39. The summed E-state index contributed by atoms with van der Waals surface area (Å²) in [6.07, 6.45) is 4.43. The van der Waals surface area contributed by atoms with Gasteiger partial charge in [0.15, 0.2) is 0 Å². The van der Waals surface area contributed by atoms with E-state index in [1.54, 1.807) is 0 Å². The predicted octanol–water partition coefficient (Wildman–Crippen LogP) is 6.29. The summed E-state index contributed by atoms with van der Waals surface area (Å²) in [6, 6.07) is 27.0. The number of nitrogens with zero attached hydrogens (tertiary/aromatic N) is 1. The van der Waals surface area contributed by atoms with Crippen LogP contribution in [0.4, 0.5) is 4.79 Å². The minimum absolute atomic E-state index is 0.0160. The molecule has 5 heteroatoms. The normalized spacial score (nSPS) is 24.4. The minimum atomic E-state index is -0.799. The molecule has 2 aliphatic heterocycles. The van der Waals surface area contributed by atoms with Crippen LogP contribution in [0.1, 0.15) is 61.1 Å². The topological polar surface area (TPSA) is 59.0 Å². The Kier molecular flexibility index (Phi) is 6.74. The summed E-state index contributed by atoms with van der Waals surface area (Å²) in [5, 5.41) is 11.4. The number of benzene rings is 3. The molecule has 0 aromatic heterocycles. The molecule has 2 heterocycles. The highest BCUT2D eigenvalue weighted by Crippen LogP contribution is 2.45. The molecule has 1 amide bonds. The number of aliphatic hydroxyl groups is 1. The van der Waals surface area contributed by atoms with Crippen LogP contribution in [0.25, 0.3) is 11.1 Å². The zero-order valence-corrected chi connectivity index (χ0v) is 21.2. The van der Waals surface area contributed by atoms with Gasteiger partial charge >= 0.3 is 6.09 Å². The maximum atomic E-state index is 13.4. The third-order valence-electron chi connectivity index (χ3n) is 8.46. The number of carbonyl (C=O) groups is 1. The van der Waals surface area contributed by atoms with Crippen molar-refractivity contribution >= 4 is 6.09 Å². The number of ether oxygens (including phenoxy) is 2. The van der Waals surface area contributed by atoms with E-state index >= 15 is 0 Å². The van der Waals surface area contributed by atoms with Crippen molar-refractivity contribution in [2.45, 2.75) is 68.7 Å². The molecule has 3 aromatic carbocycles. The first-order chi connectivity index (χ1) is 18.1. The average molecular weight is 498 g/mol. The van der Waals surface area contributed by atoms with E-state index in [1.807, 2.05) is 35.2 Å². The van der Waals surface area contributed by atoms with Gasteiger partial charge in [0.25, 0.3) is 0 Å². The molecule has 2 fully saturated rings. The van der Waals surface area contributed by atoms with E-state index < -0.39 is 5.60 Å². The fraction of sp³-hybridized carbons (Fsp3) is 0.406. The standard InChI is InChI=1S/C32H35NO4/c34-31(37-22-30-28-15-6-4-13-26(28)27-14-5-7-16-29(27)30)33-24-11-8-12-25(33)20-32(35,19-24)17-18-36-21-23-9-2-1-3-10-23/h1-7,9-10,13-16,24-25,30,35H,8,11-12,17-22H2. The number of fused-ring (bicyclic) bond motifs is 5. The van der Waals surface area contributed by atoms with Crippen LogP contribution in [0.5, 0.6) is 0 Å². The molecule has 3 aromatic rings. The summed E-state index contributed by atoms with van der Waals surface area (Å²) in [4.78, 5) is 15.4. The lowest BCUT2D eigenvalue weighted by Crippen LogP contribution is -2.60. The van der Waals surface area contributed by atoms with E-state index in [-0.39, 0.29) is 24.1 Å². The molecule has 6 rings (SSSR count). The first-order valence-electron chi connectivity index (χ1n) is 13.6. The Morgan fingerprint density at radius 2 is 1.46 bits per heavy atom. The second-order valence-corrected chi connectivity index (χ2v) is 10.9. The Labute approximate surface area is 219 Å². The first kappa shape index (κ1) is 24.2. The average Bonchev–Trinajstić information content (AvgIpc) is 3.24. The summed E-state index contributed by atoms with van der Waals surface area (Å²) >= 11 is 0. The van der Waals surface area contributed by atoms with Gasteiger partial charge < -0.3 is 19.5 Å². The van der Waals surface area contributed by atoms with Crippen LogP contribution in [0.2, 0.25) is 0 Å². The summed E-state index contributed by atoms with van der Waals surface area (Å²) in [5.74, 6) is 0.0553. The third-order valence-corrected chi connectivity index (χ3v) is 8.46. The predicted molar refractivity (Wildman–Crippen MR) is 143 cm³/mol. The third kappa shape index (κ3) is 4.90. The van der Waals surface area contributed by atoms with Crippen LogP contribution in [-0.4, -0.2) is 47.0 Å². The molecule has 1 aliphatic carbocycles. The maximum absolute atomic E-state index is 13.4. The fourth-order valence-corrected chi connectivity index (χ4v) is 6.72. The summed E-state index contributed by atoms with van der Waals surface area (Å²) in [5.41, 5.74) is 5.24. The van der Waals surface area contributed by atoms with Gasteiger partial charge in [0.05, 0.1) is 12.2 Å². The van der Waals surface area contributed by atoms with Crippen molar-refractivity contribution in [3.05, 3.63) is 95.6 Å². The van der Waals surface area contributed by atoms with Gasteiger partial charge in [-0.3, -0.25) is 0 Å². The Morgan fingerprint density at radius 3 is 2.11 bits per heavy atom. The lowest BCUT2D eigenvalue weighted by atomic mass is 9.74. The Hall–Kier alpha value is -3.15. The molecule has 3 aliphatic rings. The van der Waals surface area contributed by atoms with E-state index in [2.05, 4.69) is 48.5 Å². The minimum Gasteiger partial charge on any atom is -0.448 e. The smallest absolute Gasteiger partial charge is 0.410 e. The first-order valence-corrected chi connectivity index (χ1v) is 13.6. The largest absolute Gasteiger partial charge is 0.448 e. The molecule has 2 atom stereocenters. The monoisotopic (exact) mass is 497 g/mol. The highest BCUT2D eigenvalue weighted by molar-refractivity contribution is 5.79. The number of amides is 1. The number of hydrogen-bond acceptors (Lipinski definition) is 4. The summed E-state index contributed by atoms with van der Waals surface area (Å²) < 4.78 is 11.9. The molecule has 5 nitrogen and oxygen atoms in total. The molecule has 37 heavy (non-hydrogen) atoms. The molecule has 2 saturated heterocycles. The van der Waals surface area contributed by atoms with Gasteiger partial charge in [-0.15, -0.1) is 0 Å². The van der Waals surface area contributed by atoms with Gasteiger partial charge in [0.2, 0.25) is 0 Å². The van der Waals surface area contributed by atoms with Gasteiger partial charge in [-0.05, 0) is 66.3 Å². The second kappa shape index (κ2) is 10.3. The lowest BCUT2D eigenvalue weighted by molar-refractivity contribution is -0.0980. The zero-order valence-electron chi connectivity index (χ0n) is 21.2. The van der Waals surface area contributed by atoms with Crippen molar-refractivity contribution in [1.29, 1.82) is 0 Å². The molecular weight excluding hydrogens is 462 g/mol. The molecule has 0 saturated carbocycles. The van der Waals surface area contributed by atoms with E-state index in [4.69, 9.17) is 9.47 Å². The van der Waals surface area contributed by atoms with Crippen molar-refractivity contribution in [1.82, 2.24) is 4.90 Å². The van der Waals surface area contributed by atoms with Crippen molar-refractivity contribution in [3.8, 4) is 11.1 Å². The maximum Gasteiger partial charge on any atom is 0.410 e. The van der Waals surface area contributed by atoms with Crippen LogP contribution in [0.15, 0.2) is 78.9 Å². The number of piperidine rings is 2. The van der Waals surface area contributed by atoms with Crippen molar-refractivity contribution in [3.63, 3.8) is 0 Å². The van der Waals surface area contributed by atoms with Crippen LogP contribution in [0, 0.1) is 0 Å². The molecule has 0 spiro atoms. The number of carbonyl (C=O) groups excluding carboxylic acids is 1. The van der Waals surface area contributed by atoms with Crippen molar-refractivity contribution in [2.24, 2.45) is 0 Å². The van der Waals surface area contributed by atoms with Gasteiger partial charge in [-0.25, -0.2) is 4.79 Å². The van der Waals surface area contributed by atoms with Gasteiger partial charge in [-0.2, -0.15) is 0 Å². The quantitative estimate of drug-likeness (QED) is 0.390. The van der Waals surface area contributed by atoms with Crippen LogP contribution in [-0.2, 0) is 16.1 Å². The molecular formula is C32H35NO4. The molecule has 1 N–H and O–H groups in total. The van der Waals surface area contributed by atoms with Gasteiger partial charge in [-0.1, -0.05) is 78.9 Å². The van der Waals surface area contributed by atoms with E-state index in [0.717, 1.165) is 24.8 Å². The zero-order chi connectivity index (χ0) is 25.2. The highest BCUT2D eigenvalue weighted by atomic mass is 16.6. The number of rotatable bonds is 7. The number of hydrogen-bond donors (Lipinski definition) is 1. The Morgan fingerprint density at radius 1 is 0.865 bits per heavy atom. The summed E-state index contributed by atoms with van der Waals surface area (Å²) in [7, 11) is 0. The Bertz CT molecular complexity index is 1180. The molecule has 192 valence electrons. The molecule has 2 bridgehead atoms. The molecule has 0 radical (unpaired) electrons. The Balaban J connectivity index is 1.08. The van der Waals surface area contributed by atoms with Gasteiger partial charge in [0, 0.05) is 24.6 Å².